The number of aryl methyl sites for hydroxylation is 3. The van der Waals surface area contributed by atoms with E-state index in [4.69, 9.17) is 17.3 Å². The Morgan fingerprint density at radius 2 is 2.00 bits per heavy atom. The van der Waals surface area contributed by atoms with Crippen LogP contribution in [0.1, 0.15) is 17.2 Å². The minimum Gasteiger partial charge on any atom is -0.330 e. The highest BCUT2D eigenvalue weighted by Gasteiger charge is 2.07. The lowest BCUT2D eigenvalue weighted by Crippen LogP contribution is -2.08. The van der Waals surface area contributed by atoms with Gasteiger partial charge < -0.3 is 5.73 Å². The Labute approximate surface area is 112 Å². The molecule has 2 rings (SSSR count). The van der Waals surface area contributed by atoms with Crippen LogP contribution in [0.15, 0.2) is 24.3 Å². The quantitative estimate of drug-likeness (QED) is 0.895. The summed E-state index contributed by atoms with van der Waals surface area (Å²) in [5, 5.41) is 5.18. The normalized spacial score (nSPS) is 10.8. The second kappa shape index (κ2) is 5.98. The van der Waals surface area contributed by atoms with Gasteiger partial charge in [0.05, 0.1) is 0 Å². The predicted octanol–water partition coefficient (Wildman–Crippen LogP) is 1.75. The minimum absolute atomic E-state index is 0.594. The molecule has 0 saturated heterocycles. The summed E-state index contributed by atoms with van der Waals surface area (Å²) in [6.45, 7) is 0.594. The van der Waals surface area contributed by atoms with E-state index in [2.05, 4.69) is 10.1 Å². The number of hydrogen-bond donors (Lipinski definition) is 1. The molecular formula is C13H17ClN4. The third kappa shape index (κ3) is 3.09. The maximum absolute atomic E-state index is 6.11. The van der Waals surface area contributed by atoms with Gasteiger partial charge in [-0.2, -0.15) is 5.10 Å². The molecule has 2 N–H and O–H groups in total. The van der Waals surface area contributed by atoms with Crippen molar-refractivity contribution in [3.05, 3.63) is 46.5 Å². The molecule has 4 nitrogen and oxygen atoms in total. The van der Waals surface area contributed by atoms with E-state index in [-0.39, 0.29) is 0 Å². The summed E-state index contributed by atoms with van der Waals surface area (Å²) in [7, 11) is 1.90. The smallest absolute Gasteiger partial charge is 0.151 e. The van der Waals surface area contributed by atoms with E-state index in [0.29, 0.717) is 6.54 Å². The Morgan fingerprint density at radius 3 is 2.72 bits per heavy atom. The maximum Gasteiger partial charge on any atom is 0.151 e. The van der Waals surface area contributed by atoms with Gasteiger partial charge in [-0.1, -0.05) is 29.8 Å². The Hall–Kier alpha value is -1.39. The summed E-state index contributed by atoms with van der Waals surface area (Å²) >= 11 is 6.11. The van der Waals surface area contributed by atoms with Gasteiger partial charge in [0, 0.05) is 24.9 Å². The van der Waals surface area contributed by atoms with Crippen molar-refractivity contribution >= 4 is 11.6 Å². The molecule has 0 atom stereocenters. The molecule has 0 aliphatic rings. The van der Waals surface area contributed by atoms with Gasteiger partial charge in [0.2, 0.25) is 0 Å². The van der Waals surface area contributed by atoms with Gasteiger partial charge in [0.15, 0.2) is 5.82 Å². The van der Waals surface area contributed by atoms with Gasteiger partial charge in [-0.15, -0.1) is 0 Å². The largest absolute Gasteiger partial charge is 0.330 e. The molecule has 0 bridgehead atoms. The van der Waals surface area contributed by atoms with Gasteiger partial charge in [0.1, 0.15) is 5.82 Å². The van der Waals surface area contributed by atoms with Gasteiger partial charge in [0.25, 0.3) is 0 Å². The zero-order valence-corrected chi connectivity index (χ0v) is 11.2. The van der Waals surface area contributed by atoms with Gasteiger partial charge in [-0.3, -0.25) is 4.68 Å². The first-order valence-corrected chi connectivity index (χ1v) is 6.40. The Bertz CT molecular complexity index is 521. The average molecular weight is 265 g/mol. The van der Waals surface area contributed by atoms with Crippen LogP contribution in [0.4, 0.5) is 0 Å². The molecule has 0 spiro atoms. The lowest BCUT2D eigenvalue weighted by Gasteiger charge is -2.00. The van der Waals surface area contributed by atoms with E-state index in [1.165, 1.54) is 0 Å². The second-order valence-corrected chi connectivity index (χ2v) is 4.61. The van der Waals surface area contributed by atoms with Crippen LogP contribution in [0.5, 0.6) is 0 Å². The molecule has 1 aromatic carbocycles. The summed E-state index contributed by atoms with van der Waals surface area (Å²) in [6.07, 6.45) is 2.41. The number of rotatable bonds is 5. The highest BCUT2D eigenvalue weighted by atomic mass is 35.5. The van der Waals surface area contributed by atoms with Crippen molar-refractivity contribution in [2.24, 2.45) is 12.8 Å². The van der Waals surface area contributed by atoms with E-state index in [1.807, 2.05) is 31.3 Å². The van der Waals surface area contributed by atoms with Gasteiger partial charge >= 0.3 is 0 Å². The molecule has 18 heavy (non-hydrogen) atoms. The molecule has 1 aromatic heterocycles. The van der Waals surface area contributed by atoms with Crippen LogP contribution in [0, 0.1) is 0 Å². The topological polar surface area (TPSA) is 56.7 Å². The van der Waals surface area contributed by atoms with Crippen molar-refractivity contribution in [3.8, 4) is 0 Å². The van der Waals surface area contributed by atoms with Crippen LogP contribution in [0.25, 0.3) is 0 Å². The van der Waals surface area contributed by atoms with Crippen LogP contribution in [-0.4, -0.2) is 21.3 Å². The molecule has 96 valence electrons. The molecule has 0 amide bonds. The van der Waals surface area contributed by atoms with Crippen LogP contribution < -0.4 is 5.73 Å². The number of halogens is 1. The highest BCUT2D eigenvalue weighted by Crippen LogP contribution is 2.16. The van der Waals surface area contributed by atoms with Crippen molar-refractivity contribution in [2.45, 2.75) is 19.3 Å². The van der Waals surface area contributed by atoms with E-state index < -0.39 is 0 Å². The molecule has 0 aliphatic carbocycles. The summed E-state index contributed by atoms with van der Waals surface area (Å²) in [5.74, 6) is 1.78. The van der Waals surface area contributed by atoms with Crippen molar-refractivity contribution in [3.63, 3.8) is 0 Å². The van der Waals surface area contributed by atoms with Gasteiger partial charge in [-0.25, -0.2) is 4.98 Å². The number of benzene rings is 1. The third-order valence-electron chi connectivity index (χ3n) is 2.84. The third-order valence-corrected chi connectivity index (χ3v) is 3.21. The first-order valence-electron chi connectivity index (χ1n) is 6.03. The highest BCUT2D eigenvalue weighted by molar-refractivity contribution is 6.31. The first-order chi connectivity index (χ1) is 8.70. The summed E-state index contributed by atoms with van der Waals surface area (Å²) in [4.78, 5) is 4.47. The van der Waals surface area contributed by atoms with Crippen molar-refractivity contribution < 1.29 is 0 Å². The Morgan fingerprint density at radius 1 is 1.22 bits per heavy atom. The minimum atomic E-state index is 0.594. The SMILES string of the molecule is Cn1nc(CCc2ccccc2Cl)nc1CCN. The number of nitrogens with two attached hydrogens (primary N) is 1. The van der Waals surface area contributed by atoms with Crippen molar-refractivity contribution in [2.75, 3.05) is 6.54 Å². The molecule has 0 radical (unpaired) electrons. The van der Waals surface area contributed by atoms with Gasteiger partial charge in [-0.05, 0) is 24.6 Å². The Kier molecular flexibility index (Phi) is 4.33. The van der Waals surface area contributed by atoms with E-state index in [0.717, 1.165) is 41.5 Å². The second-order valence-electron chi connectivity index (χ2n) is 4.20. The van der Waals surface area contributed by atoms with Crippen LogP contribution in [0.3, 0.4) is 0 Å². The molecule has 2 aromatic rings. The number of hydrogen-bond acceptors (Lipinski definition) is 3. The van der Waals surface area contributed by atoms with E-state index in [1.54, 1.807) is 4.68 Å². The fraction of sp³-hybridized carbons (Fsp3) is 0.385. The maximum atomic E-state index is 6.11. The van der Waals surface area contributed by atoms with Crippen molar-refractivity contribution in [1.29, 1.82) is 0 Å². The number of aromatic nitrogens is 3. The molecule has 0 fully saturated rings. The molecule has 0 unspecified atom stereocenters. The number of nitrogens with zero attached hydrogens (tertiary/aromatic N) is 3. The average Bonchev–Trinajstić information content (AvgIpc) is 2.70. The van der Waals surface area contributed by atoms with Crippen LogP contribution in [-0.2, 0) is 26.3 Å². The first kappa shape index (κ1) is 13.1. The standard InChI is InChI=1S/C13H17ClN4/c1-18-13(8-9-15)16-12(17-18)7-6-10-4-2-3-5-11(10)14/h2-5H,6-9,15H2,1H3. The fourth-order valence-electron chi connectivity index (χ4n) is 1.87. The molecule has 5 heteroatoms. The summed E-state index contributed by atoms with van der Waals surface area (Å²) < 4.78 is 1.80. The molecule has 0 saturated carbocycles. The lowest BCUT2D eigenvalue weighted by molar-refractivity contribution is 0.688. The van der Waals surface area contributed by atoms with E-state index >= 15 is 0 Å². The monoisotopic (exact) mass is 264 g/mol. The van der Waals surface area contributed by atoms with Crippen molar-refractivity contribution in [1.82, 2.24) is 14.8 Å². The lowest BCUT2D eigenvalue weighted by atomic mass is 10.1. The van der Waals surface area contributed by atoms with E-state index in [9.17, 15) is 0 Å². The van der Waals surface area contributed by atoms with Crippen LogP contribution in [0.2, 0.25) is 5.02 Å². The van der Waals surface area contributed by atoms with Crippen LogP contribution >= 0.6 is 11.6 Å². The molecular weight excluding hydrogens is 248 g/mol. The zero-order valence-electron chi connectivity index (χ0n) is 10.4. The molecule has 0 aliphatic heterocycles. The fourth-order valence-corrected chi connectivity index (χ4v) is 2.11. The zero-order chi connectivity index (χ0) is 13.0. The Balaban J connectivity index is 2.02. The summed E-state index contributed by atoms with van der Waals surface area (Å²) in [5.41, 5.74) is 6.66. The predicted molar refractivity (Wildman–Crippen MR) is 72.6 cm³/mol. The summed E-state index contributed by atoms with van der Waals surface area (Å²) in [6, 6.07) is 7.87. The molecule has 1 heterocycles.